The molecule has 0 amide bonds. The summed E-state index contributed by atoms with van der Waals surface area (Å²) in [5, 5.41) is 10.5. The quantitative estimate of drug-likeness (QED) is 0.471. The van der Waals surface area contributed by atoms with Crippen molar-refractivity contribution < 1.29 is 22.9 Å². The third-order valence-corrected chi connectivity index (χ3v) is 2.86. The van der Waals surface area contributed by atoms with E-state index in [-0.39, 0.29) is 0 Å². The van der Waals surface area contributed by atoms with Gasteiger partial charge in [0, 0.05) is 10.8 Å². The van der Waals surface area contributed by atoms with E-state index in [1.165, 1.54) is 19.1 Å². The molecule has 0 saturated heterocycles. The number of nitrogens with zero attached hydrogens (tertiary/aromatic N) is 1. The minimum Gasteiger partial charge on any atom is -0.303 e. The van der Waals surface area contributed by atoms with Gasteiger partial charge in [0.2, 0.25) is 6.54 Å². The molecule has 2 atom stereocenters. The molecule has 0 spiro atoms. The van der Waals surface area contributed by atoms with Crippen LogP contribution in [0.25, 0.3) is 0 Å². The van der Waals surface area contributed by atoms with Crippen molar-refractivity contribution in [3.8, 4) is 0 Å². The lowest BCUT2D eigenvalue weighted by atomic mass is 9.87. The predicted molar refractivity (Wildman–Crippen MR) is 61.3 cm³/mol. The summed E-state index contributed by atoms with van der Waals surface area (Å²) in [4.78, 5) is 20.7. The highest BCUT2D eigenvalue weighted by atomic mass is 19.4. The van der Waals surface area contributed by atoms with Crippen LogP contribution in [0.5, 0.6) is 0 Å². The first-order valence-electron chi connectivity index (χ1n) is 5.50. The predicted octanol–water partition coefficient (Wildman–Crippen LogP) is 2.90. The zero-order chi connectivity index (χ0) is 14.6. The molecular weight excluding hydrogens is 263 g/mol. The highest BCUT2D eigenvalue weighted by molar-refractivity contribution is 5.55. The SMILES string of the molecule is C[C@H](C=O)[C@@H](C[N+](=O)[O-])c1ccc(C(F)(F)F)cc1. The Kier molecular flexibility index (Phi) is 4.63. The Bertz CT molecular complexity index is 456. The van der Waals surface area contributed by atoms with E-state index in [1.807, 2.05) is 0 Å². The summed E-state index contributed by atoms with van der Waals surface area (Å²) in [5.74, 6) is -1.36. The second-order valence-corrected chi connectivity index (χ2v) is 4.24. The number of alkyl halides is 3. The summed E-state index contributed by atoms with van der Waals surface area (Å²) in [7, 11) is 0. The van der Waals surface area contributed by atoms with E-state index < -0.39 is 35.0 Å². The van der Waals surface area contributed by atoms with Gasteiger partial charge in [-0.05, 0) is 17.7 Å². The lowest BCUT2D eigenvalue weighted by Crippen LogP contribution is -2.20. The second kappa shape index (κ2) is 5.81. The Morgan fingerprint density at radius 1 is 1.32 bits per heavy atom. The van der Waals surface area contributed by atoms with Gasteiger partial charge in [0.05, 0.1) is 11.5 Å². The smallest absolute Gasteiger partial charge is 0.303 e. The van der Waals surface area contributed by atoms with Crippen LogP contribution in [0.2, 0.25) is 0 Å². The van der Waals surface area contributed by atoms with Crippen LogP contribution < -0.4 is 0 Å². The summed E-state index contributed by atoms with van der Waals surface area (Å²) < 4.78 is 37.2. The number of hydrogen-bond acceptors (Lipinski definition) is 3. The summed E-state index contributed by atoms with van der Waals surface area (Å²) in [6.07, 6.45) is -3.89. The van der Waals surface area contributed by atoms with Gasteiger partial charge in [-0.15, -0.1) is 0 Å². The van der Waals surface area contributed by atoms with Crippen LogP contribution in [0.4, 0.5) is 13.2 Å². The summed E-state index contributed by atoms with van der Waals surface area (Å²) in [6.45, 7) is 1.00. The fourth-order valence-electron chi connectivity index (χ4n) is 1.75. The molecule has 0 fully saturated rings. The van der Waals surface area contributed by atoms with Crippen molar-refractivity contribution >= 4 is 6.29 Å². The second-order valence-electron chi connectivity index (χ2n) is 4.24. The van der Waals surface area contributed by atoms with Crippen LogP contribution in [-0.4, -0.2) is 17.8 Å². The number of benzene rings is 1. The van der Waals surface area contributed by atoms with E-state index >= 15 is 0 Å². The van der Waals surface area contributed by atoms with Gasteiger partial charge in [-0.25, -0.2) is 0 Å². The Labute approximate surface area is 107 Å². The summed E-state index contributed by atoms with van der Waals surface area (Å²) >= 11 is 0. The van der Waals surface area contributed by atoms with Crippen molar-refractivity contribution in [2.45, 2.75) is 19.0 Å². The number of rotatable bonds is 5. The van der Waals surface area contributed by atoms with Crippen molar-refractivity contribution in [2.75, 3.05) is 6.54 Å². The van der Waals surface area contributed by atoms with Gasteiger partial charge < -0.3 is 4.79 Å². The standard InChI is InChI=1S/C12H12F3NO3/c1-8(7-17)11(6-16(18)19)9-2-4-10(5-3-9)12(13,14)15/h2-5,7-8,11H,6H2,1H3/t8-,11-/m1/s1. The molecule has 0 aliphatic heterocycles. The fourth-order valence-corrected chi connectivity index (χ4v) is 1.75. The summed E-state index contributed by atoms with van der Waals surface area (Å²) in [5.41, 5.74) is -0.473. The van der Waals surface area contributed by atoms with Gasteiger partial charge in [-0.2, -0.15) is 13.2 Å². The molecule has 0 bridgehead atoms. The van der Waals surface area contributed by atoms with Gasteiger partial charge in [0.25, 0.3) is 0 Å². The zero-order valence-electron chi connectivity index (χ0n) is 10.1. The van der Waals surface area contributed by atoms with Crippen LogP contribution >= 0.6 is 0 Å². The number of carbonyl (C=O) groups is 1. The molecule has 7 heteroatoms. The number of nitro groups is 1. The molecule has 0 saturated carbocycles. The van der Waals surface area contributed by atoms with Crippen LogP contribution in [0.3, 0.4) is 0 Å². The van der Waals surface area contributed by atoms with E-state index in [4.69, 9.17) is 0 Å². The van der Waals surface area contributed by atoms with Gasteiger partial charge in [-0.1, -0.05) is 19.1 Å². The maximum atomic E-state index is 12.4. The highest BCUT2D eigenvalue weighted by Gasteiger charge is 2.31. The van der Waals surface area contributed by atoms with Crippen molar-refractivity contribution in [3.05, 3.63) is 45.5 Å². The topological polar surface area (TPSA) is 60.2 Å². The van der Waals surface area contributed by atoms with E-state index in [9.17, 15) is 28.1 Å². The Morgan fingerprint density at radius 3 is 2.21 bits per heavy atom. The van der Waals surface area contributed by atoms with E-state index in [0.717, 1.165) is 12.1 Å². The fraction of sp³-hybridized carbons (Fsp3) is 0.417. The van der Waals surface area contributed by atoms with Gasteiger partial charge >= 0.3 is 6.18 Å². The number of carbonyl (C=O) groups excluding carboxylic acids is 1. The molecular formula is C12H12F3NO3. The average molecular weight is 275 g/mol. The molecule has 0 aromatic heterocycles. The molecule has 0 heterocycles. The number of aldehydes is 1. The molecule has 0 N–H and O–H groups in total. The molecule has 4 nitrogen and oxygen atoms in total. The van der Waals surface area contributed by atoms with Crippen molar-refractivity contribution in [3.63, 3.8) is 0 Å². The molecule has 1 aromatic rings. The average Bonchev–Trinajstić information content (AvgIpc) is 2.34. The number of halogens is 3. The Balaban J connectivity index is 3.03. The van der Waals surface area contributed by atoms with Crippen molar-refractivity contribution in [2.24, 2.45) is 5.92 Å². The van der Waals surface area contributed by atoms with Crippen LogP contribution in [0, 0.1) is 16.0 Å². The minimum absolute atomic E-state index is 0.351. The van der Waals surface area contributed by atoms with Crippen molar-refractivity contribution in [1.29, 1.82) is 0 Å². The Morgan fingerprint density at radius 2 is 1.84 bits per heavy atom. The van der Waals surface area contributed by atoms with Gasteiger partial charge in [0.15, 0.2) is 0 Å². The molecule has 1 rings (SSSR count). The largest absolute Gasteiger partial charge is 0.416 e. The first kappa shape index (κ1) is 15.1. The van der Waals surface area contributed by atoms with E-state index in [0.29, 0.717) is 11.8 Å². The monoisotopic (exact) mass is 275 g/mol. The molecule has 0 unspecified atom stereocenters. The summed E-state index contributed by atoms with van der Waals surface area (Å²) in [6, 6.07) is 4.08. The third kappa shape index (κ3) is 4.04. The third-order valence-electron chi connectivity index (χ3n) is 2.86. The lowest BCUT2D eigenvalue weighted by Gasteiger charge is -2.17. The molecule has 104 valence electrons. The molecule has 0 aliphatic rings. The molecule has 0 aliphatic carbocycles. The maximum Gasteiger partial charge on any atom is 0.416 e. The first-order valence-corrected chi connectivity index (χ1v) is 5.50. The lowest BCUT2D eigenvalue weighted by molar-refractivity contribution is -0.484. The number of hydrogen-bond donors (Lipinski definition) is 0. The van der Waals surface area contributed by atoms with Crippen LogP contribution in [-0.2, 0) is 11.0 Å². The minimum atomic E-state index is -4.45. The zero-order valence-corrected chi connectivity index (χ0v) is 10.1. The van der Waals surface area contributed by atoms with Crippen LogP contribution in [0.1, 0.15) is 24.0 Å². The molecule has 1 aromatic carbocycles. The normalized spacial score (nSPS) is 14.7. The van der Waals surface area contributed by atoms with Gasteiger partial charge in [0.1, 0.15) is 6.29 Å². The first-order chi connectivity index (χ1) is 8.75. The molecule has 0 radical (unpaired) electrons. The van der Waals surface area contributed by atoms with Crippen molar-refractivity contribution in [1.82, 2.24) is 0 Å². The van der Waals surface area contributed by atoms with E-state index in [1.54, 1.807) is 0 Å². The highest BCUT2D eigenvalue weighted by Crippen LogP contribution is 2.31. The van der Waals surface area contributed by atoms with Gasteiger partial charge in [-0.3, -0.25) is 10.1 Å². The molecule has 19 heavy (non-hydrogen) atoms. The Hall–Kier alpha value is -1.92. The van der Waals surface area contributed by atoms with Crippen LogP contribution in [0.15, 0.2) is 24.3 Å². The van der Waals surface area contributed by atoms with E-state index in [2.05, 4.69) is 0 Å². The maximum absolute atomic E-state index is 12.4.